The van der Waals surface area contributed by atoms with Crippen LogP contribution in [0.1, 0.15) is 36.0 Å². The zero-order valence-corrected chi connectivity index (χ0v) is 21.1. The zero-order chi connectivity index (χ0) is 25.1. The number of fused-ring (bicyclic) bond motifs is 3. The maximum absolute atomic E-state index is 12.7. The molecule has 1 fully saturated rings. The minimum atomic E-state index is -0.987. The highest BCUT2D eigenvalue weighted by Crippen LogP contribution is 2.51. The third kappa shape index (κ3) is 4.65. The Kier molecular flexibility index (Phi) is 7.13. The normalized spacial score (nSPS) is 16.4. The van der Waals surface area contributed by atoms with Crippen LogP contribution < -0.4 is 0 Å². The molecule has 5 nitrogen and oxygen atoms in total. The molecule has 186 valence electrons. The van der Waals surface area contributed by atoms with Crippen LogP contribution in [-0.2, 0) is 21.4 Å². The number of hydrogen-bond donors (Lipinski definition) is 1. The number of carboxylic acid groups (broad SMARTS) is 1. The van der Waals surface area contributed by atoms with Gasteiger partial charge in [-0.2, -0.15) is 0 Å². The third-order valence-corrected chi connectivity index (χ3v) is 7.91. The fraction of sp³-hybridized carbons (Fsp3) is 0.333. The summed E-state index contributed by atoms with van der Waals surface area (Å²) in [5, 5.41) is 11.1. The van der Waals surface area contributed by atoms with Gasteiger partial charge in [-0.1, -0.05) is 78.7 Å². The molecule has 0 bridgehead atoms. The van der Waals surface area contributed by atoms with Gasteiger partial charge in [0.25, 0.3) is 0 Å². The lowest BCUT2D eigenvalue weighted by Gasteiger charge is -2.35. The molecule has 0 unspecified atom stereocenters. The number of nitrogens with zero attached hydrogens (tertiary/aromatic N) is 2. The molecule has 1 aliphatic heterocycles. The highest BCUT2D eigenvalue weighted by Gasteiger charge is 2.48. The van der Waals surface area contributed by atoms with Gasteiger partial charge in [0.1, 0.15) is 5.41 Å². The number of rotatable bonds is 8. The highest BCUT2D eigenvalue weighted by molar-refractivity contribution is 6.30. The van der Waals surface area contributed by atoms with Crippen molar-refractivity contribution in [2.24, 2.45) is 0 Å². The molecule has 2 aliphatic rings. The van der Waals surface area contributed by atoms with E-state index in [-0.39, 0.29) is 5.91 Å². The van der Waals surface area contributed by atoms with E-state index < -0.39 is 11.4 Å². The summed E-state index contributed by atoms with van der Waals surface area (Å²) in [7, 11) is 0. The van der Waals surface area contributed by atoms with Crippen LogP contribution in [0.5, 0.6) is 0 Å². The number of halogens is 1. The first-order valence-corrected chi connectivity index (χ1v) is 13.0. The molecule has 36 heavy (non-hydrogen) atoms. The summed E-state index contributed by atoms with van der Waals surface area (Å²) in [6, 6.07) is 23.3. The van der Waals surface area contributed by atoms with Gasteiger partial charge in [-0.15, -0.1) is 0 Å². The molecule has 1 heterocycles. The molecule has 6 heteroatoms. The van der Waals surface area contributed by atoms with E-state index in [0.29, 0.717) is 17.9 Å². The lowest BCUT2D eigenvalue weighted by Crippen LogP contribution is -2.49. The van der Waals surface area contributed by atoms with Gasteiger partial charge >= 0.3 is 5.97 Å². The van der Waals surface area contributed by atoms with Gasteiger partial charge in [-0.05, 0) is 59.3 Å². The van der Waals surface area contributed by atoms with Crippen molar-refractivity contribution in [2.45, 2.75) is 31.1 Å². The quantitative estimate of drug-likeness (QED) is 0.427. The SMILES string of the molecule is O=C(Cc1cccc(Cl)c1)N1CCN(CCCCC2(C(=O)O)c3ccccc3-c3ccccc32)CC1. The minimum absolute atomic E-state index is 0.138. The average molecular weight is 503 g/mol. The molecule has 1 amide bonds. The van der Waals surface area contributed by atoms with Crippen LogP contribution in [0, 0.1) is 0 Å². The number of aliphatic carboxylic acids is 1. The molecular weight excluding hydrogens is 472 g/mol. The van der Waals surface area contributed by atoms with E-state index in [9.17, 15) is 14.7 Å². The van der Waals surface area contributed by atoms with E-state index in [2.05, 4.69) is 4.90 Å². The zero-order valence-electron chi connectivity index (χ0n) is 20.3. The van der Waals surface area contributed by atoms with E-state index in [1.807, 2.05) is 77.7 Å². The lowest BCUT2D eigenvalue weighted by atomic mass is 9.74. The second kappa shape index (κ2) is 10.5. The molecule has 1 N–H and O–H groups in total. The molecule has 1 aliphatic carbocycles. The Balaban J connectivity index is 1.15. The summed E-state index contributed by atoms with van der Waals surface area (Å²) >= 11 is 6.05. The molecule has 3 aromatic carbocycles. The van der Waals surface area contributed by atoms with Crippen LogP contribution in [-0.4, -0.2) is 59.5 Å². The Bertz CT molecular complexity index is 1220. The summed E-state index contributed by atoms with van der Waals surface area (Å²) in [6.07, 6.45) is 2.70. The summed E-state index contributed by atoms with van der Waals surface area (Å²) < 4.78 is 0. The number of piperazine rings is 1. The first kappa shape index (κ1) is 24.5. The van der Waals surface area contributed by atoms with Crippen LogP contribution in [0.4, 0.5) is 0 Å². The van der Waals surface area contributed by atoms with Gasteiger partial charge in [-0.3, -0.25) is 14.5 Å². The van der Waals surface area contributed by atoms with Crippen molar-refractivity contribution in [3.8, 4) is 11.1 Å². The van der Waals surface area contributed by atoms with Crippen molar-refractivity contribution in [1.29, 1.82) is 0 Å². The smallest absolute Gasteiger partial charge is 0.318 e. The predicted molar refractivity (Wildman–Crippen MR) is 142 cm³/mol. The molecule has 0 atom stereocenters. The second-order valence-electron chi connectivity index (χ2n) is 9.79. The van der Waals surface area contributed by atoms with E-state index in [0.717, 1.165) is 73.4 Å². The van der Waals surface area contributed by atoms with Crippen molar-refractivity contribution in [1.82, 2.24) is 9.80 Å². The Labute approximate surface area is 217 Å². The molecule has 0 spiro atoms. The van der Waals surface area contributed by atoms with Gasteiger partial charge in [0.15, 0.2) is 0 Å². The van der Waals surface area contributed by atoms with Crippen molar-refractivity contribution in [3.63, 3.8) is 0 Å². The average Bonchev–Trinajstić information content (AvgIpc) is 3.18. The summed E-state index contributed by atoms with van der Waals surface area (Å²) in [5.41, 5.74) is 3.84. The Morgan fingerprint density at radius 2 is 1.47 bits per heavy atom. The second-order valence-corrected chi connectivity index (χ2v) is 10.2. The molecular formula is C30H31ClN2O3. The van der Waals surface area contributed by atoms with Crippen molar-refractivity contribution < 1.29 is 14.7 Å². The molecule has 0 saturated carbocycles. The van der Waals surface area contributed by atoms with E-state index in [1.165, 1.54) is 0 Å². The Morgan fingerprint density at radius 1 is 0.833 bits per heavy atom. The maximum Gasteiger partial charge on any atom is 0.318 e. The van der Waals surface area contributed by atoms with Crippen LogP contribution in [0.3, 0.4) is 0 Å². The largest absolute Gasteiger partial charge is 0.480 e. The number of unbranched alkanes of at least 4 members (excludes halogenated alkanes) is 1. The number of carboxylic acids is 1. The first-order valence-electron chi connectivity index (χ1n) is 12.7. The maximum atomic E-state index is 12.7. The van der Waals surface area contributed by atoms with E-state index >= 15 is 0 Å². The predicted octanol–water partition coefficient (Wildman–Crippen LogP) is 5.25. The van der Waals surface area contributed by atoms with Gasteiger partial charge in [0, 0.05) is 31.2 Å². The Morgan fingerprint density at radius 3 is 2.08 bits per heavy atom. The number of carbonyl (C=O) groups is 2. The summed E-state index contributed by atoms with van der Waals surface area (Å²) in [4.78, 5) is 29.8. The molecule has 5 rings (SSSR count). The number of amides is 1. The topological polar surface area (TPSA) is 60.9 Å². The molecule has 0 aromatic heterocycles. The minimum Gasteiger partial charge on any atom is -0.480 e. The Hall–Kier alpha value is -3.15. The van der Waals surface area contributed by atoms with Gasteiger partial charge in [0.05, 0.1) is 6.42 Å². The van der Waals surface area contributed by atoms with Crippen LogP contribution >= 0.6 is 11.6 Å². The highest BCUT2D eigenvalue weighted by atomic mass is 35.5. The fourth-order valence-electron chi connectivity index (χ4n) is 5.81. The fourth-order valence-corrected chi connectivity index (χ4v) is 6.02. The lowest BCUT2D eigenvalue weighted by molar-refractivity contribution is -0.142. The van der Waals surface area contributed by atoms with Gasteiger partial charge in [-0.25, -0.2) is 0 Å². The number of carbonyl (C=O) groups excluding carboxylic acids is 1. The van der Waals surface area contributed by atoms with Crippen molar-refractivity contribution in [3.05, 3.63) is 94.5 Å². The number of hydrogen-bond acceptors (Lipinski definition) is 3. The van der Waals surface area contributed by atoms with Crippen LogP contribution in [0.2, 0.25) is 5.02 Å². The first-order chi connectivity index (χ1) is 17.5. The van der Waals surface area contributed by atoms with Crippen molar-refractivity contribution >= 4 is 23.5 Å². The van der Waals surface area contributed by atoms with Crippen molar-refractivity contribution in [2.75, 3.05) is 32.7 Å². The third-order valence-electron chi connectivity index (χ3n) is 7.67. The summed E-state index contributed by atoms with van der Waals surface area (Å²) in [6.45, 7) is 4.04. The summed E-state index contributed by atoms with van der Waals surface area (Å²) in [5.74, 6) is -0.634. The van der Waals surface area contributed by atoms with Gasteiger partial charge < -0.3 is 10.0 Å². The monoisotopic (exact) mass is 502 g/mol. The molecule has 0 radical (unpaired) electrons. The molecule has 1 saturated heterocycles. The van der Waals surface area contributed by atoms with E-state index in [4.69, 9.17) is 11.6 Å². The standard InChI is InChI=1S/C30H31ClN2O3/c31-23-9-7-8-22(20-23)21-28(34)33-18-16-32(17-19-33)15-6-5-14-30(29(35)36)26-12-3-1-10-24(26)25-11-2-4-13-27(25)30/h1-4,7-13,20H,5-6,14-19,21H2,(H,35,36). The molecule has 3 aromatic rings. The van der Waals surface area contributed by atoms with E-state index in [1.54, 1.807) is 0 Å². The number of benzene rings is 3. The van der Waals surface area contributed by atoms with Crippen LogP contribution in [0.15, 0.2) is 72.8 Å². The van der Waals surface area contributed by atoms with Gasteiger partial charge in [0.2, 0.25) is 5.91 Å². The van der Waals surface area contributed by atoms with Crippen LogP contribution in [0.25, 0.3) is 11.1 Å².